The largest absolute Gasteiger partial charge is 0.345 e. The number of nitrogens with one attached hydrogen (secondary N) is 2. The van der Waals surface area contributed by atoms with Crippen molar-refractivity contribution in [3.05, 3.63) is 69.1 Å². The van der Waals surface area contributed by atoms with Gasteiger partial charge in [-0.2, -0.15) is 0 Å². The number of halogens is 1. The zero-order valence-electron chi connectivity index (χ0n) is 10.3. The van der Waals surface area contributed by atoms with E-state index >= 15 is 0 Å². The minimum Gasteiger partial charge on any atom is -0.345 e. The van der Waals surface area contributed by atoms with E-state index in [0.717, 1.165) is 5.56 Å². The number of amides is 1. The minimum atomic E-state index is -0.422. The van der Waals surface area contributed by atoms with Gasteiger partial charge in [0.05, 0.1) is 6.04 Å². The maximum atomic E-state index is 12.0. The number of rotatable bonds is 3. The lowest BCUT2D eigenvalue weighted by molar-refractivity contribution is 0.0938. The lowest BCUT2D eigenvalue weighted by Gasteiger charge is -2.15. The van der Waals surface area contributed by atoms with Crippen LogP contribution in [0.15, 0.2) is 47.4 Å². The number of pyridine rings is 1. The molecule has 0 aliphatic heterocycles. The quantitative estimate of drug-likeness (QED) is 0.905. The number of carbonyl (C=O) groups excluding carboxylic acids is 1. The lowest BCUT2D eigenvalue weighted by Crippen LogP contribution is -2.31. The fourth-order valence-electron chi connectivity index (χ4n) is 1.78. The lowest BCUT2D eigenvalue weighted by atomic mass is 10.1. The van der Waals surface area contributed by atoms with Crippen LogP contribution in [0.5, 0.6) is 0 Å². The summed E-state index contributed by atoms with van der Waals surface area (Å²) in [6.45, 7) is 1.82. The molecule has 0 spiro atoms. The van der Waals surface area contributed by atoms with Gasteiger partial charge in [0, 0.05) is 11.2 Å². The van der Waals surface area contributed by atoms with Crippen LogP contribution >= 0.6 is 11.6 Å². The van der Waals surface area contributed by atoms with Crippen LogP contribution in [0.1, 0.15) is 28.9 Å². The molecule has 1 atom stereocenters. The van der Waals surface area contributed by atoms with Crippen LogP contribution < -0.4 is 10.9 Å². The van der Waals surface area contributed by atoms with Gasteiger partial charge in [0.25, 0.3) is 11.5 Å². The third kappa shape index (κ3) is 3.03. The Labute approximate surface area is 115 Å². The Morgan fingerprint density at radius 1 is 1.26 bits per heavy atom. The summed E-state index contributed by atoms with van der Waals surface area (Å²) in [6.07, 6.45) is 1.48. The van der Waals surface area contributed by atoms with Gasteiger partial charge in [0.2, 0.25) is 0 Å². The Balaban J connectivity index is 2.18. The van der Waals surface area contributed by atoms with Crippen molar-refractivity contribution < 1.29 is 4.79 Å². The zero-order chi connectivity index (χ0) is 13.8. The van der Waals surface area contributed by atoms with Crippen LogP contribution in [0.3, 0.4) is 0 Å². The summed E-state index contributed by atoms with van der Waals surface area (Å²) in [5.74, 6) is -0.422. The highest BCUT2D eigenvalue weighted by Gasteiger charge is 2.15. The van der Waals surface area contributed by atoms with Crippen LogP contribution in [0.2, 0.25) is 5.02 Å². The van der Waals surface area contributed by atoms with Gasteiger partial charge in [-0.3, -0.25) is 9.59 Å². The van der Waals surface area contributed by atoms with E-state index in [0.29, 0.717) is 5.02 Å². The molecule has 98 valence electrons. The van der Waals surface area contributed by atoms with Gasteiger partial charge < -0.3 is 10.3 Å². The second-order valence-corrected chi connectivity index (χ2v) is 4.54. The molecular formula is C14H13ClN2O2. The number of carbonyl (C=O) groups is 1. The predicted molar refractivity (Wildman–Crippen MR) is 74.4 cm³/mol. The third-order valence-corrected chi connectivity index (χ3v) is 3.13. The van der Waals surface area contributed by atoms with Gasteiger partial charge in [-0.05, 0) is 30.7 Å². The average molecular weight is 277 g/mol. The van der Waals surface area contributed by atoms with Crippen LogP contribution in [-0.4, -0.2) is 10.9 Å². The Morgan fingerprint density at radius 3 is 2.68 bits per heavy atom. The topological polar surface area (TPSA) is 62.0 Å². The monoisotopic (exact) mass is 276 g/mol. The molecule has 0 bridgehead atoms. The summed E-state index contributed by atoms with van der Waals surface area (Å²) in [4.78, 5) is 26.0. The number of H-pyrrole nitrogens is 1. The van der Waals surface area contributed by atoms with Crippen molar-refractivity contribution in [2.75, 3.05) is 0 Å². The molecule has 0 aliphatic carbocycles. The highest BCUT2D eigenvalue weighted by Crippen LogP contribution is 2.22. The van der Waals surface area contributed by atoms with E-state index in [-0.39, 0.29) is 11.6 Å². The molecular weight excluding hydrogens is 264 g/mol. The van der Waals surface area contributed by atoms with E-state index in [1.165, 1.54) is 12.3 Å². The second-order valence-electron chi connectivity index (χ2n) is 4.13. The van der Waals surface area contributed by atoms with Crippen LogP contribution in [0.4, 0.5) is 0 Å². The summed E-state index contributed by atoms with van der Waals surface area (Å²) in [5, 5.41) is 3.33. The molecule has 0 unspecified atom stereocenters. The van der Waals surface area contributed by atoms with Crippen molar-refractivity contribution in [3.63, 3.8) is 0 Å². The molecule has 4 nitrogen and oxygen atoms in total. The standard InChI is InChI=1S/C14H13ClN2O2/c1-9(10-5-2-3-7-12(10)15)17-14(19)11-6-4-8-16-13(11)18/h2-9H,1H3,(H,16,18)(H,17,19)/t9-/m1/s1. The first-order valence-electron chi connectivity index (χ1n) is 5.82. The third-order valence-electron chi connectivity index (χ3n) is 2.78. The average Bonchev–Trinajstić information content (AvgIpc) is 2.39. The summed E-state index contributed by atoms with van der Waals surface area (Å²) < 4.78 is 0. The van der Waals surface area contributed by atoms with Gasteiger partial charge >= 0.3 is 0 Å². The minimum absolute atomic E-state index is 0.0846. The van der Waals surface area contributed by atoms with E-state index in [9.17, 15) is 9.59 Å². The molecule has 19 heavy (non-hydrogen) atoms. The van der Waals surface area contributed by atoms with Crippen molar-refractivity contribution in [1.82, 2.24) is 10.3 Å². The van der Waals surface area contributed by atoms with Crippen molar-refractivity contribution in [1.29, 1.82) is 0 Å². The van der Waals surface area contributed by atoms with Crippen molar-refractivity contribution >= 4 is 17.5 Å². The van der Waals surface area contributed by atoms with Gasteiger partial charge in [0.1, 0.15) is 5.56 Å². The molecule has 0 saturated carbocycles. The molecule has 1 aromatic carbocycles. The normalized spacial score (nSPS) is 11.9. The Hall–Kier alpha value is -2.07. The Kier molecular flexibility index (Phi) is 4.02. The first-order chi connectivity index (χ1) is 9.09. The van der Waals surface area contributed by atoms with Gasteiger partial charge in [-0.15, -0.1) is 0 Å². The zero-order valence-corrected chi connectivity index (χ0v) is 11.1. The molecule has 1 aromatic heterocycles. The van der Waals surface area contributed by atoms with E-state index < -0.39 is 11.5 Å². The number of benzene rings is 1. The maximum absolute atomic E-state index is 12.0. The van der Waals surface area contributed by atoms with Gasteiger partial charge in [-0.1, -0.05) is 29.8 Å². The molecule has 0 radical (unpaired) electrons. The molecule has 0 aliphatic rings. The first kappa shape index (κ1) is 13.4. The second kappa shape index (κ2) is 5.71. The molecule has 2 aromatic rings. The van der Waals surface area contributed by atoms with E-state index in [2.05, 4.69) is 10.3 Å². The molecule has 0 fully saturated rings. The van der Waals surface area contributed by atoms with E-state index in [1.807, 2.05) is 25.1 Å². The summed E-state index contributed by atoms with van der Waals surface area (Å²) in [5.41, 5.74) is 0.484. The number of hydrogen-bond donors (Lipinski definition) is 2. The van der Waals surface area contributed by atoms with Gasteiger partial charge in [-0.25, -0.2) is 0 Å². The number of aromatic amines is 1. The van der Waals surface area contributed by atoms with E-state index in [1.54, 1.807) is 12.1 Å². The molecule has 1 heterocycles. The SMILES string of the molecule is C[C@@H](NC(=O)c1ccc[nH]c1=O)c1ccccc1Cl. The van der Waals surface area contributed by atoms with Crippen molar-refractivity contribution in [2.45, 2.75) is 13.0 Å². The summed E-state index contributed by atoms with van der Waals surface area (Å²) >= 11 is 6.06. The molecule has 2 N–H and O–H groups in total. The highest BCUT2D eigenvalue weighted by atomic mass is 35.5. The summed E-state index contributed by atoms with van der Waals surface area (Å²) in [6, 6.07) is 10.1. The van der Waals surface area contributed by atoms with Crippen LogP contribution in [0.25, 0.3) is 0 Å². The van der Waals surface area contributed by atoms with Gasteiger partial charge in [0.15, 0.2) is 0 Å². The fraction of sp³-hybridized carbons (Fsp3) is 0.143. The highest BCUT2D eigenvalue weighted by molar-refractivity contribution is 6.31. The molecule has 0 saturated heterocycles. The Morgan fingerprint density at radius 2 is 2.00 bits per heavy atom. The molecule has 2 rings (SSSR count). The van der Waals surface area contributed by atoms with E-state index in [4.69, 9.17) is 11.6 Å². The molecule has 5 heteroatoms. The fourth-order valence-corrected chi connectivity index (χ4v) is 2.08. The van der Waals surface area contributed by atoms with Crippen molar-refractivity contribution in [2.24, 2.45) is 0 Å². The maximum Gasteiger partial charge on any atom is 0.260 e. The molecule has 1 amide bonds. The smallest absolute Gasteiger partial charge is 0.260 e. The summed E-state index contributed by atoms with van der Waals surface area (Å²) in [7, 11) is 0. The Bertz CT molecular complexity index is 652. The predicted octanol–water partition coefficient (Wildman–Crippen LogP) is 2.52. The number of hydrogen-bond acceptors (Lipinski definition) is 2. The first-order valence-corrected chi connectivity index (χ1v) is 6.20. The van der Waals surface area contributed by atoms with Crippen molar-refractivity contribution in [3.8, 4) is 0 Å². The number of aromatic nitrogens is 1. The van der Waals surface area contributed by atoms with Crippen LogP contribution in [-0.2, 0) is 0 Å². The van der Waals surface area contributed by atoms with Crippen LogP contribution in [0, 0.1) is 0 Å².